The van der Waals surface area contributed by atoms with Crippen LogP contribution in [0.5, 0.6) is 0 Å². The van der Waals surface area contributed by atoms with Crippen LogP contribution >= 0.6 is 9.47 Å². The minimum Gasteiger partial charge on any atom is -0.377 e. The molecule has 1 unspecified atom stereocenters. The fraction of sp³-hybridized carbons (Fsp3) is 0.938. The van der Waals surface area contributed by atoms with Gasteiger partial charge in [0.25, 0.3) is 0 Å². The first kappa shape index (κ1) is 23.7. The third-order valence-corrected chi connectivity index (χ3v) is 3.28. The van der Waals surface area contributed by atoms with Gasteiger partial charge in [-0.15, -0.1) is 0 Å². The van der Waals surface area contributed by atoms with Crippen LogP contribution in [0.4, 0.5) is 0 Å². The Kier molecular flexibility index (Phi) is 20.5. The van der Waals surface area contributed by atoms with Crippen molar-refractivity contribution in [2.24, 2.45) is 0 Å². The van der Waals surface area contributed by atoms with Crippen LogP contribution in [-0.2, 0) is 28.3 Å². The number of amides is 1. The maximum absolute atomic E-state index is 11.5. The Hall–Kier alpha value is -0.300. The molecule has 0 spiro atoms. The SMILES string of the molecule is CCCCCCNC(=O)COCCOCCOCCOCCOP. The van der Waals surface area contributed by atoms with Gasteiger partial charge in [0, 0.05) is 16.0 Å². The van der Waals surface area contributed by atoms with Gasteiger partial charge >= 0.3 is 0 Å². The first-order valence-electron chi connectivity index (χ1n) is 8.70. The minimum absolute atomic E-state index is 0.0677. The van der Waals surface area contributed by atoms with Gasteiger partial charge in [-0.1, -0.05) is 26.2 Å². The molecule has 1 atom stereocenters. The second-order valence-electron chi connectivity index (χ2n) is 5.17. The van der Waals surface area contributed by atoms with E-state index in [-0.39, 0.29) is 12.5 Å². The van der Waals surface area contributed by atoms with Crippen molar-refractivity contribution < 1.29 is 28.3 Å². The summed E-state index contributed by atoms with van der Waals surface area (Å²) in [5.41, 5.74) is 0. The predicted octanol–water partition coefficient (Wildman–Crippen LogP) is 1.56. The first-order chi connectivity index (χ1) is 11.8. The highest BCUT2D eigenvalue weighted by Crippen LogP contribution is 1.96. The lowest BCUT2D eigenvalue weighted by molar-refractivity contribution is -0.126. The summed E-state index contributed by atoms with van der Waals surface area (Å²) in [6.07, 6.45) is 4.60. The Morgan fingerprint density at radius 1 is 0.792 bits per heavy atom. The molecule has 0 aliphatic rings. The summed E-state index contributed by atoms with van der Waals surface area (Å²) in [6.45, 7) is 7.06. The van der Waals surface area contributed by atoms with Gasteiger partial charge in [-0.25, -0.2) is 0 Å². The average molecular weight is 367 g/mol. The molecule has 0 aromatic heterocycles. The molecule has 0 aromatic rings. The van der Waals surface area contributed by atoms with Crippen LogP contribution in [0.25, 0.3) is 0 Å². The van der Waals surface area contributed by atoms with E-state index in [4.69, 9.17) is 23.5 Å². The molecule has 1 N–H and O–H groups in total. The van der Waals surface area contributed by atoms with E-state index in [1.807, 2.05) is 0 Å². The number of hydrogen-bond acceptors (Lipinski definition) is 6. The Balaban J connectivity index is 3.10. The van der Waals surface area contributed by atoms with E-state index in [2.05, 4.69) is 21.7 Å². The molecule has 0 bridgehead atoms. The predicted molar refractivity (Wildman–Crippen MR) is 96.1 cm³/mol. The molecule has 0 rings (SSSR count). The molecule has 1 amide bonds. The lowest BCUT2D eigenvalue weighted by atomic mass is 10.2. The minimum atomic E-state index is -0.0677. The smallest absolute Gasteiger partial charge is 0.245 e. The van der Waals surface area contributed by atoms with Crippen molar-refractivity contribution in [1.82, 2.24) is 5.32 Å². The quantitative estimate of drug-likeness (QED) is 0.276. The zero-order valence-corrected chi connectivity index (χ0v) is 16.1. The van der Waals surface area contributed by atoms with Crippen LogP contribution in [0.3, 0.4) is 0 Å². The van der Waals surface area contributed by atoms with E-state index in [9.17, 15) is 4.79 Å². The molecular weight excluding hydrogens is 333 g/mol. The van der Waals surface area contributed by atoms with E-state index >= 15 is 0 Å². The van der Waals surface area contributed by atoms with Gasteiger partial charge in [-0.05, 0) is 6.42 Å². The first-order valence-corrected chi connectivity index (χ1v) is 9.17. The summed E-state index contributed by atoms with van der Waals surface area (Å²) in [4.78, 5) is 11.5. The van der Waals surface area contributed by atoms with Crippen LogP contribution in [-0.4, -0.2) is 71.9 Å². The number of rotatable bonds is 19. The van der Waals surface area contributed by atoms with Crippen molar-refractivity contribution in [2.75, 3.05) is 66.0 Å². The second kappa shape index (κ2) is 20.7. The molecule has 0 heterocycles. The third kappa shape index (κ3) is 19.7. The molecule has 0 aliphatic carbocycles. The van der Waals surface area contributed by atoms with Gasteiger partial charge < -0.3 is 28.8 Å². The van der Waals surface area contributed by atoms with Gasteiger partial charge in [0.15, 0.2) is 0 Å². The number of ether oxygens (including phenoxy) is 4. The Bertz CT molecular complexity index is 271. The van der Waals surface area contributed by atoms with Crippen LogP contribution in [0.2, 0.25) is 0 Å². The molecule has 0 radical (unpaired) electrons. The molecule has 24 heavy (non-hydrogen) atoms. The fourth-order valence-electron chi connectivity index (χ4n) is 1.76. The van der Waals surface area contributed by atoms with Crippen LogP contribution in [0, 0.1) is 0 Å². The average Bonchev–Trinajstić information content (AvgIpc) is 2.59. The van der Waals surface area contributed by atoms with E-state index in [0.29, 0.717) is 52.9 Å². The topological polar surface area (TPSA) is 75.3 Å². The highest BCUT2D eigenvalue weighted by molar-refractivity contribution is 7.09. The van der Waals surface area contributed by atoms with Crippen molar-refractivity contribution in [1.29, 1.82) is 0 Å². The lowest BCUT2D eigenvalue weighted by Crippen LogP contribution is -2.29. The van der Waals surface area contributed by atoms with Crippen molar-refractivity contribution in [3.05, 3.63) is 0 Å². The van der Waals surface area contributed by atoms with Crippen molar-refractivity contribution >= 4 is 15.4 Å². The van der Waals surface area contributed by atoms with Crippen molar-refractivity contribution in [3.8, 4) is 0 Å². The van der Waals surface area contributed by atoms with Gasteiger partial charge in [-0.3, -0.25) is 4.79 Å². The summed E-state index contributed by atoms with van der Waals surface area (Å²) in [5, 5.41) is 2.84. The highest BCUT2D eigenvalue weighted by Gasteiger charge is 2.00. The summed E-state index contributed by atoms with van der Waals surface area (Å²) in [7, 11) is 2.18. The zero-order chi connectivity index (χ0) is 17.7. The normalized spacial score (nSPS) is 10.9. The van der Waals surface area contributed by atoms with Gasteiger partial charge in [0.05, 0.1) is 52.9 Å². The maximum Gasteiger partial charge on any atom is 0.245 e. The van der Waals surface area contributed by atoms with E-state index < -0.39 is 0 Å². The fourth-order valence-corrected chi connectivity index (χ4v) is 1.86. The molecule has 144 valence electrons. The number of unbranched alkanes of at least 4 members (excludes halogenated alkanes) is 3. The monoisotopic (exact) mass is 367 g/mol. The van der Waals surface area contributed by atoms with Crippen molar-refractivity contribution in [2.45, 2.75) is 32.6 Å². The van der Waals surface area contributed by atoms with Gasteiger partial charge in [0.2, 0.25) is 5.91 Å². The molecule has 0 aromatic carbocycles. The number of nitrogens with one attached hydrogen (secondary N) is 1. The molecule has 0 saturated heterocycles. The third-order valence-electron chi connectivity index (χ3n) is 3.05. The number of carbonyl (C=O) groups excluding carboxylic acids is 1. The molecule has 0 saturated carbocycles. The molecule has 0 aliphatic heterocycles. The number of hydrogen-bond donors (Lipinski definition) is 1. The Morgan fingerprint density at radius 2 is 1.33 bits per heavy atom. The molecule has 7 nitrogen and oxygen atoms in total. The maximum atomic E-state index is 11.5. The zero-order valence-electron chi connectivity index (χ0n) is 14.9. The van der Waals surface area contributed by atoms with Crippen molar-refractivity contribution in [3.63, 3.8) is 0 Å². The molecular formula is C16H34NO6P. The number of carbonyl (C=O) groups is 1. The van der Waals surface area contributed by atoms with Gasteiger partial charge in [-0.2, -0.15) is 0 Å². The van der Waals surface area contributed by atoms with Crippen LogP contribution in [0.15, 0.2) is 0 Å². The molecule has 0 fully saturated rings. The highest BCUT2D eigenvalue weighted by atomic mass is 31.0. The summed E-state index contributed by atoms with van der Waals surface area (Å²) in [6, 6.07) is 0. The van der Waals surface area contributed by atoms with Crippen LogP contribution in [0.1, 0.15) is 32.6 Å². The standard InChI is InChI=1S/C16H34NO6P/c1-2-3-4-5-6-17-16(18)15-22-12-11-20-8-7-19-9-10-21-13-14-23-24/h2-15,24H2,1H3,(H,17,18). The second-order valence-corrected chi connectivity index (χ2v) is 5.50. The Morgan fingerprint density at radius 3 is 1.88 bits per heavy atom. The van der Waals surface area contributed by atoms with E-state index in [1.165, 1.54) is 12.8 Å². The molecule has 8 heteroatoms. The van der Waals surface area contributed by atoms with E-state index in [0.717, 1.165) is 19.4 Å². The summed E-state index contributed by atoms with van der Waals surface area (Å²) >= 11 is 0. The summed E-state index contributed by atoms with van der Waals surface area (Å²) in [5.74, 6) is -0.0677. The largest absolute Gasteiger partial charge is 0.377 e. The summed E-state index contributed by atoms with van der Waals surface area (Å²) < 4.78 is 25.9. The van der Waals surface area contributed by atoms with Gasteiger partial charge in [0.1, 0.15) is 6.61 Å². The van der Waals surface area contributed by atoms with E-state index in [1.54, 1.807) is 0 Å². The lowest BCUT2D eigenvalue weighted by Gasteiger charge is -2.08. The Labute approximate surface area is 148 Å². The van der Waals surface area contributed by atoms with Crippen LogP contribution < -0.4 is 5.32 Å².